The fourth-order valence-electron chi connectivity index (χ4n) is 1.45. The van der Waals surface area contributed by atoms with E-state index in [4.69, 9.17) is 0 Å². The highest BCUT2D eigenvalue weighted by molar-refractivity contribution is 14.1. The Labute approximate surface area is 96.5 Å². The lowest BCUT2D eigenvalue weighted by atomic mass is 10.1. The van der Waals surface area contributed by atoms with Crippen LogP contribution < -0.4 is 5.32 Å². The van der Waals surface area contributed by atoms with Crippen LogP contribution in [0.1, 0.15) is 15.9 Å². The van der Waals surface area contributed by atoms with Gasteiger partial charge in [0.2, 0.25) is 0 Å². The van der Waals surface area contributed by atoms with Gasteiger partial charge >= 0.3 is 0 Å². The maximum absolute atomic E-state index is 11.7. The van der Waals surface area contributed by atoms with Gasteiger partial charge in [0, 0.05) is 9.99 Å². The van der Waals surface area contributed by atoms with Crippen LogP contribution >= 0.6 is 22.6 Å². The summed E-state index contributed by atoms with van der Waals surface area (Å²) in [5, 5.41) is 2.95. The number of nitrogens with one attached hydrogen (secondary N) is 1. The summed E-state index contributed by atoms with van der Waals surface area (Å²) >= 11 is 2.27. The molecule has 14 heavy (non-hydrogen) atoms. The van der Waals surface area contributed by atoms with Gasteiger partial charge in [0.05, 0.1) is 6.04 Å². The summed E-state index contributed by atoms with van der Waals surface area (Å²) in [5.74, 6) is 0.0206. The minimum Gasteiger partial charge on any atom is -0.345 e. The third-order valence-electron chi connectivity index (χ3n) is 2.20. The predicted octanol–water partition coefficient (Wildman–Crippen LogP) is 2.25. The van der Waals surface area contributed by atoms with Crippen LogP contribution in [0.3, 0.4) is 0 Å². The smallest absolute Gasteiger partial charge is 0.252 e. The van der Waals surface area contributed by atoms with Crippen molar-refractivity contribution in [3.8, 4) is 0 Å². The lowest BCUT2D eigenvalue weighted by Gasteiger charge is -2.09. The summed E-state index contributed by atoms with van der Waals surface area (Å²) in [5.41, 5.74) is 1.76. The van der Waals surface area contributed by atoms with Crippen molar-refractivity contribution in [3.63, 3.8) is 0 Å². The van der Waals surface area contributed by atoms with Crippen molar-refractivity contribution in [2.24, 2.45) is 0 Å². The Morgan fingerprint density at radius 3 is 2.93 bits per heavy atom. The van der Waals surface area contributed by atoms with E-state index in [0.29, 0.717) is 0 Å². The Bertz CT molecular complexity index is 387. The SMILES string of the molecule is O=C1NC(CI)C=Cc2ccccc21. The molecule has 1 unspecified atom stereocenters. The van der Waals surface area contributed by atoms with Gasteiger partial charge in [-0.05, 0) is 11.6 Å². The van der Waals surface area contributed by atoms with Crippen LogP contribution in [-0.4, -0.2) is 16.4 Å². The molecule has 1 heterocycles. The maximum Gasteiger partial charge on any atom is 0.252 e. The maximum atomic E-state index is 11.7. The molecule has 0 fully saturated rings. The molecule has 2 nitrogen and oxygen atoms in total. The normalized spacial score (nSPS) is 19.8. The molecule has 0 saturated carbocycles. The topological polar surface area (TPSA) is 29.1 Å². The molecular formula is C11H10INO. The highest BCUT2D eigenvalue weighted by atomic mass is 127. The highest BCUT2D eigenvalue weighted by Gasteiger charge is 2.15. The number of benzene rings is 1. The molecule has 0 spiro atoms. The van der Waals surface area contributed by atoms with Gasteiger partial charge in [-0.1, -0.05) is 52.9 Å². The Kier molecular flexibility index (Phi) is 2.86. The molecule has 0 saturated heterocycles. The van der Waals surface area contributed by atoms with Crippen molar-refractivity contribution in [1.29, 1.82) is 0 Å². The average Bonchev–Trinajstić information content (AvgIpc) is 2.39. The van der Waals surface area contributed by atoms with Gasteiger partial charge in [-0.3, -0.25) is 4.79 Å². The van der Waals surface area contributed by atoms with Crippen LogP contribution in [0.15, 0.2) is 30.3 Å². The number of alkyl halides is 1. The lowest BCUT2D eigenvalue weighted by Crippen LogP contribution is -2.33. The Morgan fingerprint density at radius 2 is 2.14 bits per heavy atom. The van der Waals surface area contributed by atoms with Gasteiger partial charge in [-0.15, -0.1) is 0 Å². The molecule has 0 aromatic heterocycles. The number of rotatable bonds is 1. The number of fused-ring (bicyclic) bond motifs is 1. The second-order valence-electron chi connectivity index (χ2n) is 3.18. The summed E-state index contributed by atoms with van der Waals surface area (Å²) in [4.78, 5) is 11.7. The molecule has 1 aliphatic heterocycles. The molecule has 2 rings (SSSR count). The van der Waals surface area contributed by atoms with Crippen molar-refractivity contribution in [2.75, 3.05) is 4.43 Å². The standard InChI is InChI=1S/C11H10INO/c12-7-9-6-5-8-3-1-2-4-10(8)11(14)13-9/h1-6,9H,7H2,(H,13,14). The predicted molar refractivity (Wildman–Crippen MR) is 65.6 cm³/mol. The van der Waals surface area contributed by atoms with Crippen molar-refractivity contribution < 1.29 is 4.79 Å². The van der Waals surface area contributed by atoms with Gasteiger partial charge in [-0.2, -0.15) is 0 Å². The first-order chi connectivity index (χ1) is 6.81. The molecule has 1 N–H and O–H groups in total. The van der Waals surface area contributed by atoms with Crippen molar-refractivity contribution >= 4 is 34.6 Å². The zero-order chi connectivity index (χ0) is 9.97. The summed E-state index contributed by atoms with van der Waals surface area (Å²) < 4.78 is 0.897. The highest BCUT2D eigenvalue weighted by Crippen LogP contribution is 2.15. The Hall–Kier alpha value is -0.840. The first-order valence-corrected chi connectivity index (χ1v) is 5.98. The molecule has 0 radical (unpaired) electrons. The Morgan fingerprint density at radius 1 is 1.36 bits per heavy atom. The summed E-state index contributed by atoms with van der Waals surface area (Å²) in [6, 6.07) is 7.79. The lowest BCUT2D eigenvalue weighted by molar-refractivity contribution is 0.0948. The number of carbonyl (C=O) groups excluding carboxylic acids is 1. The first kappa shape index (κ1) is 9.71. The number of amides is 1. The molecule has 0 bridgehead atoms. The van der Waals surface area contributed by atoms with E-state index in [1.54, 1.807) is 0 Å². The minimum absolute atomic E-state index is 0.0206. The van der Waals surface area contributed by atoms with E-state index < -0.39 is 0 Å². The number of hydrogen-bond donors (Lipinski definition) is 1. The first-order valence-electron chi connectivity index (χ1n) is 4.45. The van der Waals surface area contributed by atoms with Crippen molar-refractivity contribution in [1.82, 2.24) is 5.32 Å². The summed E-state index contributed by atoms with van der Waals surface area (Å²) in [7, 11) is 0. The fraction of sp³-hybridized carbons (Fsp3) is 0.182. The molecule has 1 aromatic carbocycles. The Balaban J connectivity index is 2.42. The second-order valence-corrected chi connectivity index (χ2v) is 4.06. The molecule has 1 amide bonds. The van der Waals surface area contributed by atoms with Gasteiger partial charge in [0.1, 0.15) is 0 Å². The van der Waals surface area contributed by atoms with Gasteiger partial charge in [0.15, 0.2) is 0 Å². The van der Waals surface area contributed by atoms with Crippen molar-refractivity contribution in [2.45, 2.75) is 6.04 Å². The van der Waals surface area contributed by atoms with Crippen molar-refractivity contribution in [3.05, 3.63) is 41.5 Å². The average molecular weight is 299 g/mol. The van der Waals surface area contributed by atoms with E-state index in [0.717, 1.165) is 15.6 Å². The molecule has 0 aliphatic carbocycles. The molecule has 1 atom stereocenters. The van der Waals surface area contributed by atoms with E-state index in [2.05, 4.69) is 27.9 Å². The van der Waals surface area contributed by atoms with E-state index >= 15 is 0 Å². The van der Waals surface area contributed by atoms with E-state index in [-0.39, 0.29) is 11.9 Å². The van der Waals surface area contributed by atoms with Crippen LogP contribution in [0.2, 0.25) is 0 Å². The van der Waals surface area contributed by atoms with E-state index in [1.807, 2.05) is 36.4 Å². The monoisotopic (exact) mass is 299 g/mol. The van der Waals surface area contributed by atoms with Crippen LogP contribution in [0.25, 0.3) is 6.08 Å². The number of carbonyl (C=O) groups is 1. The number of halogens is 1. The molecule has 72 valence electrons. The van der Waals surface area contributed by atoms with Crippen LogP contribution in [-0.2, 0) is 0 Å². The quantitative estimate of drug-likeness (QED) is 0.625. The van der Waals surface area contributed by atoms with E-state index in [9.17, 15) is 4.79 Å². The molecule has 3 heteroatoms. The fourth-order valence-corrected chi connectivity index (χ4v) is 1.97. The zero-order valence-corrected chi connectivity index (χ0v) is 9.69. The molecule has 1 aliphatic rings. The third-order valence-corrected chi connectivity index (χ3v) is 3.15. The van der Waals surface area contributed by atoms with Crippen LogP contribution in [0, 0.1) is 0 Å². The van der Waals surface area contributed by atoms with Crippen LogP contribution in [0.4, 0.5) is 0 Å². The van der Waals surface area contributed by atoms with Gasteiger partial charge in [0.25, 0.3) is 5.91 Å². The van der Waals surface area contributed by atoms with Crippen LogP contribution in [0.5, 0.6) is 0 Å². The number of hydrogen-bond acceptors (Lipinski definition) is 1. The summed E-state index contributed by atoms with van der Waals surface area (Å²) in [6.45, 7) is 0. The second kappa shape index (κ2) is 4.13. The molecular weight excluding hydrogens is 289 g/mol. The zero-order valence-electron chi connectivity index (χ0n) is 7.53. The van der Waals surface area contributed by atoms with E-state index in [1.165, 1.54) is 0 Å². The third kappa shape index (κ3) is 1.82. The largest absolute Gasteiger partial charge is 0.345 e. The minimum atomic E-state index is 0.0206. The van der Waals surface area contributed by atoms with Gasteiger partial charge < -0.3 is 5.32 Å². The van der Waals surface area contributed by atoms with Gasteiger partial charge in [-0.25, -0.2) is 0 Å². The summed E-state index contributed by atoms with van der Waals surface area (Å²) in [6.07, 6.45) is 4.05. The molecule has 1 aromatic rings.